The van der Waals surface area contributed by atoms with Crippen LogP contribution in [0.3, 0.4) is 0 Å². The van der Waals surface area contributed by atoms with E-state index in [1.54, 1.807) is 16.2 Å². The Balaban J connectivity index is 1.60. The number of sulfonamides is 1. The fourth-order valence-corrected chi connectivity index (χ4v) is 4.85. The Labute approximate surface area is 133 Å². The third-order valence-corrected chi connectivity index (χ3v) is 5.98. The summed E-state index contributed by atoms with van der Waals surface area (Å²) in [7, 11) is -3.52. The molecule has 1 unspecified atom stereocenters. The maximum Gasteiger partial charge on any atom is 0.222 e. The summed E-state index contributed by atoms with van der Waals surface area (Å²) >= 11 is 1.74. The van der Waals surface area contributed by atoms with Gasteiger partial charge < -0.3 is 4.90 Å². The lowest BCUT2D eigenvalue weighted by Gasteiger charge is -2.15. The number of hydrogen-bond donors (Lipinski definition) is 1. The summed E-state index contributed by atoms with van der Waals surface area (Å²) in [6.07, 6.45) is 1.08. The van der Waals surface area contributed by atoms with Crippen molar-refractivity contribution in [1.29, 1.82) is 0 Å². The average molecular weight is 338 g/mol. The first-order chi connectivity index (χ1) is 10.4. The fourth-order valence-electron chi connectivity index (χ4n) is 2.92. The lowest BCUT2D eigenvalue weighted by molar-refractivity contribution is -0.127. The first-order valence-electron chi connectivity index (χ1n) is 7.16. The summed E-state index contributed by atoms with van der Waals surface area (Å²) in [5.41, 5.74) is 0. The molecule has 1 fully saturated rings. The van der Waals surface area contributed by atoms with Crippen LogP contribution in [-0.2, 0) is 21.2 Å². The smallest absolute Gasteiger partial charge is 0.222 e. The molecule has 0 aliphatic carbocycles. The average Bonchev–Trinajstić information content (AvgIpc) is 2.97. The van der Waals surface area contributed by atoms with E-state index in [4.69, 9.17) is 5.14 Å². The van der Waals surface area contributed by atoms with Gasteiger partial charge in [-0.2, -0.15) is 0 Å². The molecule has 1 saturated heterocycles. The molecule has 2 aromatic rings. The van der Waals surface area contributed by atoms with Crippen LogP contribution in [0.25, 0.3) is 10.1 Å². The number of primary sulfonamides is 1. The number of thiophene rings is 1. The van der Waals surface area contributed by atoms with Gasteiger partial charge in [-0.25, -0.2) is 13.6 Å². The molecular formula is C15H18N2O3S2. The molecule has 0 saturated carbocycles. The van der Waals surface area contributed by atoms with Crippen molar-refractivity contribution >= 4 is 37.4 Å². The molecule has 1 aromatic carbocycles. The third-order valence-electron chi connectivity index (χ3n) is 3.87. The molecule has 2 N–H and O–H groups in total. The Morgan fingerprint density at radius 1 is 1.32 bits per heavy atom. The van der Waals surface area contributed by atoms with Crippen LogP contribution < -0.4 is 5.14 Å². The number of fused-ring (bicyclic) bond motifs is 1. The SMILES string of the molecule is NS(=O)(=O)CC1CC(=O)N(CCc2cc3ccccc3s2)C1. The second-order valence-electron chi connectivity index (χ2n) is 5.74. The highest BCUT2D eigenvalue weighted by molar-refractivity contribution is 7.89. The van der Waals surface area contributed by atoms with E-state index in [1.165, 1.54) is 15.0 Å². The van der Waals surface area contributed by atoms with Crippen molar-refractivity contribution < 1.29 is 13.2 Å². The van der Waals surface area contributed by atoms with Gasteiger partial charge in [-0.15, -0.1) is 11.3 Å². The van der Waals surface area contributed by atoms with Gasteiger partial charge in [0.15, 0.2) is 0 Å². The summed E-state index contributed by atoms with van der Waals surface area (Å²) in [6.45, 7) is 1.12. The number of amides is 1. The fraction of sp³-hybridized carbons (Fsp3) is 0.400. The van der Waals surface area contributed by atoms with Crippen LogP contribution in [0.4, 0.5) is 0 Å². The maximum absolute atomic E-state index is 12.0. The number of benzene rings is 1. The van der Waals surface area contributed by atoms with Gasteiger partial charge in [-0.1, -0.05) is 18.2 Å². The van der Waals surface area contributed by atoms with Crippen LogP contribution in [0.1, 0.15) is 11.3 Å². The standard InChI is InChI=1S/C15H18N2O3S2/c16-22(19,20)10-11-7-15(18)17(9-11)6-5-13-8-12-3-1-2-4-14(12)21-13/h1-4,8,11H,5-7,9-10H2,(H2,16,19,20). The van der Waals surface area contributed by atoms with Gasteiger partial charge in [-0.05, 0) is 23.9 Å². The minimum atomic E-state index is -3.52. The Morgan fingerprint density at radius 2 is 2.09 bits per heavy atom. The second-order valence-corrected chi connectivity index (χ2v) is 8.57. The lowest BCUT2D eigenvalue weighted by Crippen LogP contribution is -2.29. The number of nitrogens with two attached hydrogens (primary N) is 1. The molecule has 2 heterocycles. The predicted octanol–water partition coefficient (Wildman–Crippen LogP) is 1.58. The molecule has 1 atom stereocenters. The molecule has 22 heavy (non-hydrogen) atoms. The molecule has 7 heteroatoms. The number of rotatable bonds is 5. The molecule has 3 rings (SSSR count). The van der Waals surface area contributed by atoms with Crippen molar-refractivity contribution in [3.63, 3.8) is 0 Å². The highest BCUT2D eigenvalue weighted by Crippen LogP contribution is 2.26. The Morgan fingerprint density at radius 3 is 2.82 bits per heavy atom. The first-order valence-corrected chi connectivity index (χ1v) is 9.69. The number of hydrogen-bond acceptors (Lipinski definition) is 4. The molecule has 1 aromatic heterocycles. The Kier molecular flexibility index (Phi) is 4.20. The highest BCUT2D eigenvalue weighted by atomic mass is 32.2. The van der Waals surface area contributed by atoms with E-state index >= 15 is 0 Å². The van der Waals surface area contributed by atoms with Gasteiger partial charge in [0.05, 0.1) is 5.75 Å². The van der Waals surface area contributed by atoms with Crippen molar-refractivity contribution in [3.8, 4) is 0 Å². The van der Waals surface area contributed by atoms with Gasteiger partial charge >= 0.3 is 0 Å². The largest absolute Gasteiger partial charge is 0.342 e. The quantitative estimate of drug-likeness (QED) is 0.899. The van der Waals surface area contributed by atoms with E-state index in [-0.39, 0.29) is 24.0 Å². The molecule has 0 bridgehead atoms. The van der Waals surface area contributed by atoms with Crippen LogP contribution in [0.2, 0.25) is 0 Å². The predicted molar refractivity (Wildman–Crippen MR) is 88.2 cm³/mol. The Bertz CT molecular complexity index is 765. The topological polar surface area (TPSA) is 80.5 Å². The first kappa shape index (κ1) is 15.5. The molecule has 1 aliphatic heterocycles. The van der Waals surface area contributed by atoms with E-state index in [0.717, 1.165) is 6.42 Å². The van der Waals surface area contributed by atoms with Crippen molar-refractivity contribution in [3.05, 3.63) is 35.2 Å². The van der Waals surface area contributed by atoms with Crippen LogP contribution in [0.5, 0.6) is 0 Å². The monoisotopic (exact) mass is 338 g/mol. The number of carbonyl (C=O) groups is 1. The zero-order valence-corrected chi connectivity index (χ0v) is 13.7. The number of nitrogens with zero attached hydrogens (tertiary/aromatic N) is 1. The second kappa shape index (κ2) is 5.98. The van der Waals surface area contributed by atoms with Gasteiger partial charge in [0, 0.05) is 35.0 Å². The molecule has 0 spiro atoms. The van der Waals surface area contributed by atoms with Gasteiger partial charge in [0.25, 0.3) is 0 Å². The normalized spacial score (nSPS) is 19.2. The third kappa shape index (κ3) is 3.66. The summed E-state index contributed by atoms with van der Waals surface area (Å²) in [4.78, 5) is 14.9. The lowest BCUT2D eigenvalue weighted by atomic mass is 10.1. The van der Waals surface area contributed by atoms with E-state index in [0.29, 0.717) is 13.1 Å². The van der Waals surface area contributed by atoms with E-state index in [9.17, 15) is 13.2 Å². The van der Waals surface area contributed by atoms with Crippen LogP contribution in [0, 0.1) is 5.92 Å². The van der Waals surface area contributed by atoms with E-state index < -0.39 is 10.0 Å². The molecule has 1 amide bonds. The van der Waals surface area contributed by atoms with E-state index in [2.05, 4.69) is 18.2 Å². The summed E-state index contributed by atoms with van der Waals surface area (Å²) in [5.74, 6) is -0.266. The number of likely N-dealkylation sites (tertiary alicyclic amines) is 1. The highest BCUT2D eigenvalue weighted by Gasteiger charge is 2.31. The van der Waals surface area contributed by atoms with Crippen molar-refractivity contribution in [2.45, 2.75) is 12.8 Å². The van der Waals surface area contributed by atoms with E-state index in [1.807, 2.05) is 12.1 Å². The van der Waals surface area contributed by atoms with Crippen LogP contribution >= 0.6 is 11.3 Å². The summed E-state index contributed by atoms with van der Waals surface area (Å²) in [6, 6.07) is 10.4. The minimum Gasteiger partial charge on any atom is -0.342 e. The van der Waals surface area contributed by atoms with Gasteiger partial charge in [0.2, 0.25) is 15.9 Å². The molecule has 0 radical (unpaired) electrons. The number of carbonyl (C=O) groups excluding carboxylic acids is 1. The van der Waals surface area contributed by atoms with Crippen LogP contribution in [-0.4, -0.2) is 38.1 Å². The summed E-state index contributed by atoms with van der Waals surface area (Å²) < 4.78 is 23.5. The van der Waals surface area contributed by atoms with Gasteiger partial charge in [-0.3, -0.25) is 4.79 Å². The van der Waals surface area contributed by atoms with Crippen molar-refractivity contribution in [2.75, 3.05) is 18.8 Å². The Hall–Kier alpha value is -1.44. The molecule has 118 valence electrons. The maximum atomic E-state index is 12.0. The molecule has 5 nitrogen and oxygen atoms in total. The minimum absolute atomic E-state index is 0.0229. The molecular weight excluding hydrogens is 320 g/mol. The van der Waals surface area contributed by atoms with Crippen LogP contribution in [0.15, 0.2) is 30.3 Å². The van der Waals surface area contributed by atoms with Crippen molar-refractivity contribution in [1.82, 2.24) is 4.90 Å². The van der Waals surface area contributed by atoms with Gasteiger partial charge in [0.1, 0.15) is 0 Å². The summed E-state index contributed by atoms with van der Waals surface area (Å²) in [5, 5.41) is 6.28. The zero-order chi connectivity index (χ0) is 15.7. The zero-order valence-electron chi connectivity index (χ0n) is 12.1. The van der Waals surface area contributed by atoms with Crippen molar-refractivity contribution in [2.24, 2.45) is 11.1 Å². The molecule has 1 aliphatic rings.